The molecule has 0 radical (unpaired) electrons. The molecule has 2 aromatic rings. The number of alkyl halides is 10. The van der Waals surface area contributed by atoms with E-state index in [9.17, 15) is 87.2 Å². The highest BCUT2D eigenvalue weighted by atomic mass is 32.2. The van der Waals surface area contributed by atoms with E-state index >= 15 is 0 Å². The van der Waals surface area contributed by atoms with E-state index in [0.29, 0.717) is 12.1 Å². The average molecular weight is 1180 g/mol. The number of fused-ring (bicyclic) bond motifs is 6. The molecule has 8 aliphatic rings. The van der Waals surface area contributed by atoms with Gasteiger partial charge < -0.3 is 15.4 Å². The van der Waals surface area contributed by atoms with E-state index in [4.69, 9.17) is 0 Å². The lowest BCUT2D eigenvalue weighted by molar-refractivity contribution is -0.274. The SMILES string of the molecule is C.CC(F)(F)C12CCC(NC(=O)c3ccc(C(F)(F)F)cc3NS(=O)(=O)C3CCS(=O)(=O)CC3)(CC1)CC2.CC(F)(F)C12CCC(NC(=O)c3ccc(OC(F)(F)F)cc3NS(=O)(=O)C3CCS(=O)(=O)CC3)(CC1)CC2. The van der Waals surface area contributed by atoms with Crippen LogP contribution in [-0.2, 0) is 45.9 Å². The molecule has 2 aliphatic heterocycles. The molecule has 0 unspecified atom stereocenters. The predicted octanol–water partition coefficient (Wildman–Crippen LogP) is 9.52. The number of hydrogen-bond donors (Lipinski definition) is 4. The molecule has 29 heteroatoms. The van der Waals surface area contributed by atoms with Gasteiger partial charge in [-0.2, -0.15) is 13.2 Å². The molecule has 0 aromatic heterocycles. The highest BCUT2D eigenvalue weighted by molar-refractivity contribution is 7.94. The number of sulfonamides is 2. The Morgan fingerprint density at radius 2 is 0.868 bits per heavy atom. The van der Waals surface area contributed by atoms with E-state index in [1.807, 2.05) is 0 Å². The maximum Gasteiger partial charge on any atom is 0.573 e. The topological polar surface area (TPSA) is 228 Å². The van der Waals surface area contributed by atoms with Gasteiger partial charge in [-0.25, -0.2) is 51.2 Å². The van der Waals surface area contributed by atoms with E-state index in [-0.39, 0.29) is 144 Å². The normalized spacial score (nSPS) is 27.9. The average Bonchev–Trinajstić information content (AvgIpc) is 3.28. The second kappa shape index (κ2) is 20.8. The number of amides is 2. The number of ether oxygens (including phenoxy) is 1. The molecule has 430 valence electrons. The van der Waals surface area contributed by atoms with Gasteiger partial charge in [0.15, 0.2) is 0 Å². The third-order valence-corrected chi connectivity index (χ3v) is 23.7. The second-order valence-corrected chi connectivity index (χ2v) is 29.8. The van der Waals surface area contributed by atoms with Crippen LogP contribution >= 0.6 is 0 Å². The van der Waals surface area contributed by atoms with Gasteiger partial charge in [0.05, 0.1) is 61.6 Å². The molecule has 15 nitrogen and oxygen atoms in total. The van der Waals surface area contributed by atoms with Crippen molar-refractivity contribution in [3.05, 3.63) is 53.1 Å². The van der Waals surface area contributed by atoms with E-state index in [1.54, 1.807) is 0 Å². The van der Waals surface area contributed by atoms with Crippen LogP contribution in [-0.4, -0.2) is 108 Å². The van der Waals surface area contributed by atoms with Crippen LogP contribution in [0.2, 0.25) is 0 Å². The van der Waals surface area contributed by atoms with Gasteiger partial charge in [-0.1, -0.05) is 7.43 Å². The summed E-state index contributed by atoms with van der Waals surface area (Å²) < 4.78 is 242. The van der Waals surface area contributed by atoms with Crippen LogP contribution in [0.5, 0.6) is 5.75 Å². The second-order valence-electron chi connectivity index (χ2n) is 21.3. The fraction of sp³-hybridized carbons (Fsp3) is 0.702. The number of benzene rings is 2. The van der Waals surface area contributed by atoms with Crippen molar-refractivity contribution in [2.24, 2.45) is 10.8 Å². The number of carbonyl (C=O) groups is 2. The van der Waals surface area contributed by atoms with E-state index < -0.39 is 131 Å². The molecule has 10 rings (SSSR count). The van der Waals surface area contributed by atoms with E-state index in [0.717, 1.165) is 38.1 Å². The lowest BCUT2D eigenvalue weighted by Gasteiger charge is -2.55. The highest BCUT2D eigenvalue weighted by Gasteiger charge is 2.60. The number of halogens is 10. The highest BCUT2D eigenvalue weighted by Crippen LogP contribution is 2.60. The Bertz CT molecular complexity index is 2920. The maximum absolute atomic E-state index is 14.2. The summed E-state index contributed by atoms with van der Waals surface area (Å²) >= 11 is 0. The van der Waals surface area contributed by atoms with E-state index in [1.165, 1.54) is 0 Å². The molecule has 76 heavy (non-hydrogen) atoms. The van der Waals surface area contributed by atoms with Gasteiger partial charge in [0.2, 0.25) is 20.0 Å². The van der Waals surface area contributed by atoms with Crippen molar-refractivity contribution in [1.29, 1.82) is 0 Å². The molecule has 0 spiro atoms. The Morgan fingerprint density at radius 1 is 0.539 bits per heavy atom. The Balaban J connectivity index is 0.000000244. The lowest BCUT2D eigenvalue weighted by atomic mass is 9.55. The maximum atomic E-state index is 14.2. The smallest absolute Gasteiger partial charge is 0.406 e. The fourth-order valence-corrected chi connectivity index (χ4v) is 18.1. The fourth-order valence-electron chi connectivity index (χ4n) is 11.5. The molecule has 2 amide bonds. The van der Waals surface area contributed by atoms with Crippen molar-refractivity contribution in [2.45, 2.75) is 170 Å². The molecule has 2 saturated heterocycles. The van der Waals surface area contributed by atoms with Crippen molar-refractivity contribution in [2.75, 3.05) is 32.5 Å². The molecular weight excluding hydrogens is 1110 g/mol. The minimum Gasteiger partial charge on any atom is -0.406 e. The number of hydrogen-bond acceptors (Lipinski definition) is 11. The number of nitrogens with one attached hydrogen (secondary N) is 4. The van der Waals surface area contributed by atoms with Gasteiger partial charge in [-0.05, 0) is 147 Å². The molecule has 2 aromatic carbocycles. The lowest BCUT2D eigenvalue weighted by Crippen LogP contribution is -2.60. The molecule has 6 saturated carbocycles. The van der Waals surface area contributed by atoms with Crippen molar-refractivity contribution in [3.63, 3.8) is 0 Å². The largest absolute Gasteiger partial charge is 0.573 e. The van der Waals surface area contributed by atoms with Crippen LogP contribution in [0.3, 0.4) is 0 Å². The minimum atomic E-state index is -5.07. The summed E-state index contributed by atoms with van der Waals surface area (Å²) in [6.07, 6.45) is -7.89. The van der Waals surface area contributed by atoms with Gasteiger partial charge in [-0.3, -0.25) is 19.0 Å². The first-order valence-corrected chi connectivity index (χ1v) is 30.9. The number of carbonyl (C=O) groups excluding carboxylic acids is 2. The van der Waals surface area contributed by atoms with Gasteiger partial charge in [0.1, 0.15) is 25.4 Å². The quantitative estimate of drug-likeness (QED) is 0.138. The molecular formula is C47H62F10N4O11S4. The van der Waals surface area contributed by atoms with Crippen molar-refractivity contribution < 1.29 is 91.9 Å². The first-order valence-electron chi connectivity index (χ1n) is 24.2. The molecule has 0 atom stereocenters. The molecule has 4 N–H and O–H groups in total. The summed E-state index contributed by atoms with van der Waals surface area (Å²) in [5, 5.41) is 3.35. The Morgan fingerprint density at radius 3 is 1.18 bits per heavy atom. The predicted molar refractivity (Wildman–Crippen MR) is 262 cm³/mol. The Hall–Kier alpha value is -4.12. The van der Waals surface area contributed by atoms with Crippen LogP contribution in [0.15, 0.2) is 36.4 Å². The zero-order valence-electron chi connectivity index (χ0n) is 40.7. The summed E-state index contributed by atoms with van der Waals surface area (Å²) in [5.41, 5.74) is -6.68. The Kier molecular flexibility index (Phi) is 16.8. The molecule has 4 bridgehead atoms. The number of sulfone groups is 2. The third kappa shape index (κ3) is 13.5. The molecule has 2 heterocycles. The van der Waals surface area contributed by atoms with Crippen LogP contribution in [0, 0.1) is 10.8 Å². The van der Waals surface area contributed by atoms with Crippen molar-refractivity contribution in [3.8, 4) is 5.75 Å². The van der Waals surface area contributed by atoms with Gasteiger partial charge in [0, 0.05) is 28.0 Å². The van der Waals surface area contributed by atoms with Gasteiger partial charge in [-0.15, -0.1) is 13.2 Å². The first-order chi connectivity index (χ1) is 34.2. The van der Waals surface area contributed by atoms with Crippen LogP contribution in [0.4, 0.5) is 55.3 Å². The number of rotatable bonds is 13. The standard InChI is InChI=1S/C23H29F5N2O6S2.C23H29F5N2O5S2.CH4/c1-20(24,25)21-6-9-22(10-7-21,11-8-21)29-19(31)17-3-2-15(36-23(26,27)28)14-18(17)30-38(34,35)16-4-12-37(32,33)13-5-16;1-20(24,25)21-6-9-22(10-7-21,11-8-21)29-19(31)17-3-2-15(23(26,27)28)14-18(17)30-37(34,35)16-4-12-36(32,33)13-5-16;/h2-3,14,16,30H,4-13H2,1H3,(H,29,31);2-3,14,16,30H,4-13H2,1H3,(H,29,31);1H4. The summed E-state index contributed by atoms with van der Waals surface area (Å²) in [5.74, 6) is -9.54. The minimum absolute atomic E-state index is 0. The van der Waals surface area contributed by atoms with Gasteiger partial charge >= 0.3 is 12.5 Å². The van der Waals surface area contributed by atoms with Crippen molar-refractivity contribution in [1.82, 2.24) is 10.6 Å². The monoisotopic (exact) mass is 1180 g/mol. The summed E-state index contributed by atoms with van der Waals surface area (Å²) in [6, 6.07) is 4.69. The molecule has 8 fully saturated rings. The van der Waals surface area contributed by atoms with E-state index in [2.05, 4.69) is 24.8 Å². The first kappa shape index (κ1) is 61.1. The number of anilines is 2. The zero-order chi connectivity index (χ0) is 55.7. The third-order valence-electron chi connectivity index (χ3n) is 16.6. The van der Waals surface area contributed by atoms with Gasteiger partial charge in [0.25, 0.3) is 23.7 Å². The van der Waals surface area contributed by atoms with Crippen LogP contribution in [0.1, 0.15) is 150 Å². The van der Waals surface area contributed by atoms with Crippen molar-refractivity contribution >= 4 is 62.9 Å². The zero-order valence-corrected chi connectivity index (χ0v) is 43.9. The Labute approximate surface area is 435 Å². The van der Waals surface area contributed by atoms with Crippen LogP contribution < -0.4 is 24.8 Å². The summed E-state index contributed by atoms with van der Waals surface area (Å²) in [4.78, 5) is 26.5. The van der Waals surface area contributed by atoms with Crippen LogP contribution in [0.25, 0.3) is 0 Å². The summed E-state index contributed by atoms with van der Waals surface area (Å²) in [7, 11) is -15.4. The summed E-state index contributed by atoms with van der Waals surface area (Å²) in [6.45, 7) is 1.79. The molecule has 6 aliphatic carbocycles.